The quantitative estimate of drug-likeness (QED) is 0.200. The molecule has 4 aromatic carbocycles. The van der Waals surface area contributed by atoms with Crippen LogP contribution in [0.1, 0.15) is 65.3 Å². The lowest BCUT2D eigenvalue weighted by atomic mass is 9.87. The van der Waals surface area contributed by atoms with Gasteiger partial charge in [-0.15, -0.1) is 0 Å². The summed E-state index contributed by atoms with van der Waals surface area (Å²) in [5.41, 5.74) is 19.1. The van der Waals surface area contributed by atoms with E-state index in [1.807, 2.05) is 0 Å². The minimum Gasteiger partial charge on any atom is -0.340 e. The summed E-state index contributed by atoms with van der Waals surface area (Å²) in [6.07, 6.45) is 0. The molecule has 0 aliphatic rings. The maximum atomic E-state index is 6.49. The van der Waals surface area contributed by atoms with Crippen LogP contribution in [0.2, 0.25) is 0 Å². The van der Waals surface area contributed by atoms with E-state index in [-0.39, 0.29) is 22.9 Å². The Morgan fingerprint density at radius 1 is 0.579 bits per heavy atom. The van der Waals surface area contributed by atoms with Crippen LogP contribution < -0.4 is 11.5 Å². The molecule has 2 aromatic heterocycles. The smallest absolute Gasteiger partial charge is 0.124 e. The lowest BCUT2D eigenvalue weighted by Crippen LogP contribution is -2.27. The summed E-state index contributed by atoms with van der Waals surface area (Å²) in [5, 5.41) is 4.63. The number of aromatic amines is 2. The molecule has 6 N–H and O–H groups in total. The third-order valence-corrected chi connectivity index (χ3v) is 7.77. The van der Waals surface area contributed by atoms with E-state index in [0.29, 0.717) is 0 Å². The average Bonchev–Trinajstić information content (AvgIpc) is 3.50. The van der Waals surface area contributed by atoms with Crippen LogP contribution in [0.25, 0.3) is 54.7 Å². The largest absolute Gasteiger partial charge is 0.340 e. The standard InChI is InChI=1S/C32H36N6/c1-31(2,3)27(33)29-35-23-13-9-19-15-17(7-11-21(19)25(23)37-29)18-8-12-22-20(16-18)10-14-24-26(22)38-30(36-24)28(34)32(4,5)6/h7-16,27-28H,33-34H2,1-6H3,(H,35,37)(H,36,38)/t27-,28-/m1/s1. The summed E-state index contributed by atoms with van der Waals surface area (Å²) in [6.45, 7) is 12.8. The number of hydrogen-bond donors (Lipinski definition) is 4. The normalized spacial score (nSPS) is 14.6. The molecule has 0 spiro atoms. The minimum absolute atomic E-state index is 0.0745. The molecule has 0 bridgehead atoms. The number of benzene rings is 4. The Balaban J connectivity index is 1.40. The summed E-state index contributed by atoms with van der Waals surface area (Å²) in [5.74, 6) is 1.66. The number of fused-ring (bicyclic) bond motifs is 6. The second-order valence-corrected chi connectivity index (χ2v) is 12.7. The van der Waals surface area contributed by atoms with Gasteiger partial charge < -0.3 is 21.4 Å². The molecule has 2 atom stereocenters. The van der Waals surface area contributed by atoms with E-state index in [2.05, 4.69) is 112 Å². The van der Waals surface area contributed by atoms with Gasteiger partial charge in [-0.25, -0.2) is 9.97 Å². The van der Waals surface area contributed by atoms with Gasteiger partial charge in [0.15, 0.2) is 0 Å². The van der Waals surface area contributed by atoms with Crippen LogP contribution in [0.4, 0.5) is 0 Å². The molecule has 38 heavy (non-hydrogen) atoms. The first-order valence-corrected chi connectivity index (χ1v) is 13.3. The molecule has 6 nitrogen and oxygen atoms in total. The van der Waals surface area contributed by atoms with E-state index in [0.717, 1.165) is 44.5 Å². The molecule has 0 radical (unpaired) electrons. The number of imidazole rings is 2. The van der Waals surface area contributed by atoms with Crippen molar-refractivity contribution in [2.45, 2.75) is 53.6 Å². The van der Waals surface area contributed by atoms with Crippen molar-refractivity contribution in [1.82, 2.24) is 19.9 Å². The Labute approximate surface area is 222 Å². The van der Waals surface area contributed by atoms with Crippen molar-refractivity contribution in [3.05, 3.63) is 72.3 Å². The van der Waals surface area contributed by atoms with Gasteiger partial charge in [-0.2, -0.15) is 0 Å². The zero-order chi connectivity index (χ0) is 27.0. The highest BCUT2D eigenvalue weighted by Gasteiger charge is 2.26. The molecule has 0 fully saturated rings. The first-order valence-electron chi connectivity index (χ1n) is 13.3. The van der Waals surface area contributed by atoms with Crippen molar-refractivity contribution < 1.29 is 0 Å². The molecule has 0 aliphatic heterocycles. The molecule has 0 saturated carbocycles. The van der Waals surface area contributed by atoms with Gasteiger partial charge in [0.25, 0.3) is 0 Å². The Hall–Kier alpha value is -3.74. The van der Waals surface area contributed by atoms with Crippen LogP contribution >= 0.6 is 0 Å². The van der Waals surface area contributed by atoms with Crippen molar-refractivity contribution >= 4 is 43.6 Å². The fourth-order valence-electron chi connectivity index (χ4n) is 5.13. The summed E-state index contributed by atoms with van der Waals surface area (Å²) in [4.78, 5) is 16.6. The van der Waals surface area contributed by atoms with Gasteiger partial charge in [0, 0.05) is 10.8 Å². The van der Waals surface area contributed by atoms with Crippen LogP contribution in [-0.4, -0.2) is 19.9 Å². The lowest BCUT2D eigenvalue weighted by Gasteiger charge is -2.24. The minimum atomic E-state index is -0.163. The molecular weight excluding hydrogens is 468 g/mol. The number of nitrogens with one attached hydrogen (secondary N) is 2. The Kier molecular flexibility index (Phi) is 5.42. The van der Waals surface area contributed by atoms with Crippen molar-refractivity contribution in [3.8, 4) is 11.1 Å². The Morgan fingerprint density at radius 2 is 0.974 bits per heavy atom. The summed E-state index contributed by atoms with van der Waals surface area (Å²) < 4.78 is 0. The average molecular weight is 505 g/mol. The molecule has 194 valence electrons. The van der Waals surface area contributed by atoms with Crippen LogP contribution in [0, 0.1) is 10.8 Å². The van der Waals surface area contributed by atoms with Crippen molar-refractivity contribution in [2.24, 2.45) is 22.3 Å². The first kappa shape index (κ1) is 24.6. The molecule has 6 rings (SSSR count). The van der Waals surface area contributed by atoms with E-state index < -0.39 is 0 Å². The summed E-state index contributed by atoms with van der Waals surface area (Å²) >= 11 is 0. The van der Waals surface area contributed by atoms with Crippen LogP contribution in [-0.2, 0) is 0 Å². The zero-order valence-corrected chi connectivity index (χ0v) is 23.0. The zero-order valence-electron chi connectivity index (χ0n) is 23.0. The third kappa shape index (κ3) is 4.05. The topological polar surface area (TPSA) is 109 Å². The number of nitrogens with zero attached hydrogens (tertiary/aromatic N) is 2. The predicted octanol–water partition coefficient (Wildman–Crippen LogP) is 7.50. The van der Waals surface area contributed by atoms with Crippen LogP contribution in [0.3, 0.4) is 0 Å². The highest BCUT2D eigenvalue weighted by Crippen LogP contribution is 2.35. The first-order chi connectivity index (χ1) is 17.9. The van der Waals surface area contributed by atoms with Crippen LogP contribution in [0.5, 0.6) is 0 Å². The molecule has 0 amide bonds. The van der Waals surface area contributed by atoms with Crippen molar-refractivity contribution in [1.29, 1.82) is 0 Å². The molecule has 0 aliphatic carbocycles. The maximum absolute atomic E-state index is 6.49. The highest BCUT2D eigenvalue weighted by atomic mass is 15.0. The van der Waals surface area contributed by atoms with E-state index in [9.17, 15) is 0 Å². The number of rotatable bonds is 3. The van der Waals surface area contributed by atoms with E-state index in [4.69, 9.17) is 21.4 Å². The second-order valence-electron chi connectivity index (χ2n) is 12.7. The van der Waals surface area contributed by atoms with E-state index >= 15 is 0 Å². The number of H-pyrrole nitrogens is 2. The van der Waals surface area contributed by atoms with Gasteiger partial charge in [-0.1, -0.05) is 77.9 Å². The monoisotopic (exact) mass is 504 g/mol. The predicted molar refractivity (Wildman–Crippen MR) is 159 cm³/mol. The summed E-state index contributed by atoms with van der Waals surface area (Å²) in [7, 11) is 0. The molecule has 2 heterocycles. The van der Waals surface area contributed by atoms with Gasteiger partial charge >= 0.3 is 0 Å². The second kappa shape index (κ2) is 8.38. The third-order valence-electron chi connectivity index (χ3n) is 7.77. The fourth-order valence-corrected chi connectivity index (χ4v) is 5.13. The SMILES string of the molecule is CC(C)(C)[C@H](N)c1nc2ccc3cc(-c4ccc5c(ccc6nc([C@@H](N)C(C)(C)C)[nH]c65)c4)ccc3c2[nH]1. The molecular formula is C32H36N6. The lowest BCUT2D eigenvalue weighted by molar-refractivity contribution is 0.317. The molecule has 6 heteroatoms. The van der Waals surface area contributed by atoms with Gasteiger partial charge in [-0.3, -0.25) is 0 Å². The van der Waals surface area contributed by atoms with E-state index in [1.165, 1.54) is 21.9 Å². The van der Waals surface area contributed by atoms with E-state index in [1.54, 1.807) is 0 Å². The van der Waals surface area contributed by atoms with Crippen molar-refractivity contribution in [2.75, 3.05) is 0 Å². The van der Waals surface area contributed by atoms with Crippen molar-refractivity contribution in [3.63, 3.8) is 0 Å². The number of hydrogen-bond acceptors (Lipinski definition) is 4. The summed E-state index contributed by atoms with van der Waals surface area (Å²) in [6, 6.07) is 21.3. The van der Waals surface area contributed by atoms with Crippen LogP contribution in [0.15, 0.2) is 60.7 Å². The maximum Gasteiger partial charge on any atom is 0.124 e. The van der Waals surface area contributed by atoms with Gasteiger partial charge in [0.2, 0.25) is 0 Å². The Bertz CT molecular complexity index is 1690. The molecule has 0 unspecified atom stereocenters. The Morgan fingerprint density at radius 3 is 1.34 bits per heavy atom. The van der Waals surface area contributed by atoms with Gasteiger partial charge in [0.1, 0.15) is 11.6 Å². The van der Waals surface area contributed by atoms with Gasteiger partial charge in [-0.05, 0) is 57.0 Å². The highest BCUT2D eigenvalue weighted by molar-refractivity contribution is 6.07. The molecule has 0 saturated heterocycles. The van der Waals surface area contributed by atoms with Gasteiger partial charge in [0.05, 0.1) is 34.2 Å². The molecule has 6 aromatic rings. The number of nitrogens with two attached hydrogens (primary N) is 2. The number of aromatic nitrogens is 4. The fraction of sp³-hybridized carbons (Fsp3) is 0.312.